The molecule has 16 heavy (non-hydrogen) atoms. The van der Waals surface area contributed by atoms with Crippen molar-refractivity contribution in [3.8, 4) is 0 Å². The van der Waals surface area contributed by atoms with E-state index in [9.17, 15) is 4.79 Å². The van der Waals surface area contributed by atoms with Crippen molar-refractivity contribution >= 4 is 29.1 Å². The summed E-state index contributed by atoms with van der Waals surface area (Å²) in [4.78, 5) is 15.5. The highest BCUT2D eigenvalue weighted by molar-refractivity contribution is 7.98. The summed E-state index contributed by atoms with van der Waals surface area (Å²) < 4.78 is 4.87. The van der Waals surface area contributed by atoms with Crippen LogP contribution in [-0.4, -0.2) is 29.4 Å². The van der Waals surface area contributed by atoms with Crippen LogP contribution in [0.3, 0.4) is 0 Å². The van der Waals surface area contributed by atoms with Crippen molar-refractivity contribution < 1.29 is 9.53 Å². The maximum absolute atomic E-state index is 11.3. The maximum Gasteiger partial charge on any atom is 0.367 e. The van der Waals surface area contributed by atoms with Crippen molar-refractivity contribution in [2.45, 2.75) is 25.6 Å². The van der Waals surface area contributed by atoms with Crippen molar-refractivity contribution in [2.75, 3.05) is 12.4 Å². The van der Waals surface area contributed by atoms with Gasteiger partial charge < -0.3 is 10.5 Å². The van der Waals surface area contributed by atoms with E-state index < -0.39 is 0 Å². The summed E-state index contributed by atoms with van der Waals surface area (Å²) in [7, 11) is 0. The van der Waals surface area contributed by atoms with Crippen LogP contribution in [-0.2, 0) is 10.5 Å². The first-order valence-electron chi connectivity index (χ1n) is 5.08. The second-order valence-corrected chi connectivity index (χ2v) is 5.25. The van der Waals surface area contributed by atoms with Crippen LogP contribution in [0.4, 0.5) is 0 Å². The Labute approximate surface area is 104 Å². The molecule has 0 aliphatic heterocycles. The molecule has 6 heteroatoms. The number of hydrogen-bond acceptors (Lipinski definition) is 6. The summed E-state index contributed by atoms with van der Waals surface area (Å²) in [5, 5.41) is 2.32. The lowest BCUT2D eigenvalue weighted by Crippen LogP contribution is -2.17. The molecule has 1 aromatic rings. The Hall–Kier alpha value is -0.590. The van der Waals surface area contributed by atoms with Gasteiger partial charge in [-0.15, -0.1) is 11.3 Å². The van der Waals surface area contributed by atoms with Crippen LogP contribution < -0.4 is 5.73 Å². The number of carbonyl (C=O) groups excluding carboxylic acids is 1. The zero-order valence-corrected chi connectivity index (χ0v) is 11.1. The molecule has 0 saturated heterocycles. The van der Waals surface area contributed by atoms with E-state index in [-0.39, 0.29) is 12.0 Å². The van der Waals surface area contributed by atoms with Crippen LogP contribution in [0.5, 0.6) is 0 Å². The molecule has 4 nitrogen and oxygen atoms in total. The van der Waals surface area contributed by atoms with Gasteiger partial charge in [-0.25, -0.2) is 9.78 Å². The molecule has 0 amide bonds. The minimum absolute atomic E-state index is 0.188. The molecule has 2 N–H and O–H groups in total. The first-order valence-corrected chi connectivity index (χ1v) is 7.11. The summed E-state index contributed by atoms with van der Waals surface area (Å²) in [6.45, 7) is 4.14. The molecule has 1 rings (SSSR count). The van der Waals surface area contributed by atoms with E-state index in [1.54, 1.807) is 18.7 Å². The van der Waals surface area contributed by atoms with Gasteiger partial charge in [0.05, 0.1) is 12.3 Å². The Bertz CT molecular complexity index is 339. The van der Waals surface area contributed by atoms with Gasteiger partial charge in [0.2, 0.25) is 5.01 Å². The van der Waals surface area contributed by atoms with Gasteiger partial charge in [0, 0.05) is 22.9 Å². The van der Waals surface area contributed by atoms with E-state index in [0.717, 1.165) is 17.2 Å². The zero-order chi connectivity index (χ0) is 12.0. The summed E-state index contributed by atoms with van der Waals surface area (Å²) in [6, 6.07) is 0.188. The van der Waals surface area contributed by atoms with Crippen molar-refractivity contribution in [2.24, 2.45) is 5.73 Å². The number of nitrogens with two attached hydrogens (primary N) is 1. The van der Waals surface area contributed by atoms with Crippen molar-refractivity contribution in [3.05, 3.63) is 16.1 Å². The average molecular weight is 260 g/mol. The van der Waals surface area contributed by atoms with Gasteiger partial charge in [0.1, 0.15) is 0 Å². The number of nitrogens with zero attached hydrogens (tertiary/aromatic N) is 1. The molecule has 0 radical (unpaired) electrons. The number of rotatable bonds is 6. The van der Waals surface area contributed by atoms with Crippen molar-refractivity contribution in [3.63, 3.8) is 0 Å². The maximum atomic E-state index is 11.3. The van der Waals surface area contributed by atoms with E-state index in [1.807, 2.05) is 12.3 Å². The van der Waals surface area contributed by atoms with Crippen LogP contribution in [0.15, 0.2) is 5.38 Å². The predicted molar refractivity (Wildman–Crippen MR) is 67.9 cm³/mol. The lowest BCUT2D eigenvalue weighted by atomic mass is 10.4. The number of esters is 1. The van der Waals surface area contributed by atoms with E-state index in [4.69, 9.17) is 10.5 Å². The fourth-order valence-corrected chi connectivity index (χ4v) is 2.67. The first kappa shape index (κ1) is 13.5. The van der Waals surface area contributed by atoms with Gasteiger partial charge >= 0.3 is 5.97 Å². The smallest absolute Gasteiger partial charge is 0.367 e. The second-order valence-electron chi connectivity index (χ2n) is 3.36. The van der Waals surface area contributed by atoms with Crippen LogP contribution in [0.25, 0.3) is 0 Å². The van der Waals surface area contributed by atoms with Gasteiger partial charge in [0.15, 0.2) is 0 Å². The number of aromatic nitrogens is 1. The van der Waals surface area contributed by atoms with Gasteiger partial charge in [-0.1, -0.05) is 0 Å². The van der Waals surface area contributed by atoms with Gasteiger partial charge in [0.25, 0.3) is 0 Å². The van der Waals surface area contributed by atoms with Gasteiger partial charge in [-0.05, 0) is 13.8 Å². The largest absolute Gasteiger partial charge is 0.461 e. The fraction of sp³-hybridized carbons (Fsp3) is 0.600. The number of ether oxygens (including phenoxy) is 1. The van der Waals surface area contributed by atoms with Crippen LogP contribution in [0.2, 0.25) is 0 Å². The minimum Gasteiger partial charge on any atom is -0.461 e. The van der Waals surface area contributed by atoms with Gasteiger partial charge in [-0.3, -0.25) is 0 Å². The number of thioether (sulfide) groups is 1. The molecular weight excluding hydrogens is 244 g/mol. The van der Waals surface area contributed by atoms with E-state index in [1.165, 1.54) is 11.3 Å². The number of carbonyl (C=O) groups is 1. The molecular formula is C10H16N2O2S2. The summed E-state index contributed by atoms with van der Waals surface area (Å²) in [5.41, 5.74) is 6.55. The Balaban J connectivity index is 2.42. The third-order valence-corrected chi connectivity index (χ3v) is 3.77. The summed E-state index contributed by atoms with van der Waals surface area (Å²) in [5.74, 6) is 1.35. The number of thiazole rings is 1. The molecule has 1 unspecified atom stereocenters. The Morgan fingerprint density at radius 2 is 2.50 bits per heavy atom. The third-order valence-electron chi connectivity index (χ3n) is 1.63. The molecule has 0 aliphatic rings. The van der Waals surface area contributed by atoms with Gasteiger partial charge in [-0.2, -0.15) is 11.8 Å². The summed E-state index contributed by atoms with van der Waals surface area (Å²) in [6.07, 6.45) is 0. The Morgan fingerprint density at radius 1 is 1.75 bits per heavy atom. The first-order chi connectivity index (χ1) is 7.63. The molecule has 0 aromatic carbocycles. The Kier molecular flexibility index (Phi) is 5.79. The average Bonchev–Trinajstić information content (AvgIpc) is 2.66. The number of hydrogen-bond donors (Lipinski definition) is 1. The molecule has 0 saturated carbocycles. The van der Waals surface area contributed by atoms with Crippen LogP contribution >= 0.6 is 23.1 Å². The quantitative estimate of drug-likeness (QED) is 0.791. The molecule has 1 atom stereocenters. The van der Waals surface area contributed by atoms with Crippen LogP contribution in [0, 0.1) is 0 Å². The van der Waals surface area contributed by atoms with E-state index >= 15 is 0 Å². The molecule has 0 bridgehead atoms. The predicted octanol–water partition coefficient (Wildman–Crippen LogP) is 1.90. The third kappa shape index (κ3) is 4.51. The molecule has 1 heterocycles. The topological polar surface area (TPSA) is 65.2 Å². The van der Waals surface area contributed by atoms with E-state index in [0.29, 0.717) is 11.6 Å². The minimum atomic E-state index is -0.337. The molecule has 90 valence electrons. The summed E-state index contributed by atoms with van der Waals surface area (Å²) >= 11 is 3.05. The molecule has 0 aliphatic carbocycles. The monoisotopic (exact) mass is 260 g/mol. The fourth-order valence-electron chi connectivity index (χ4n) is 1.01. The highest BCUT2D eigenvalue weighted by Crippen LogP contribution is 2.16. The standard InChI is InChI=1S/C10H16N2O2S2/c1-3-14-10(13)9-12-8(6-16-9)5-15-4-7(2)11/h6-7H,3-5,11H2,1-2H3. The molecule has 0 spiro atoms. The second kappa shape index (κ2) is 6.88. The zero-order valence-electron chi connectivity index (χ0n) is 9.43. The van der Waals surface area contributed by atoms with Crippen molar-refractivity contribution in [1.29, 1.82) is 0 Å². The van der Waals surface area contributed by atoms with Crippen molar-refractivity contribution in [1.82, 2.24) is 4.98 Å². The lowest BCUT2D eigenvalue weighted by Gasteiger charge is -2.02. The highest BCUT2D eigenvalue weighted by Gasteiger charge is 2.11. The molecule has 0 fully saturated rings. The highest BCUT2D eigenvalue weighted by atomic mass is 32.2. The lowest BCUT2D eigenvalue weighted by molar-refractivity contribution is 0.0525. The van der Waals surface area contributed by atoms with E-state index in [2.05, 4.69) is 4.98 Å². The Morgan fingerprint density at radius 3 is 3.12 bits per heavy atom. The normalized spacial score (nSPS) is 12.4. The van der Waals surface area contributed by atoms with Crippen LogP contribution in [0.1, 0.15) is 29.3 Å². The SMILES string of the molecule is CCOC(=O)c1nc(CSCC(C)N)cs1. The molecule has 1 aromatic heterocycles.